The molecule has 2 rings (SSSR count). The molecule has 7 heteroatoms. The molecule has 4 nitrogen and oxygen atoms in total. The van der Waals surface area contributed by atoms with E-state index in [1.54, 1.807) is 23.7 Å². The van der Waals surface area contributed by atoms with Crippen LogP contribution in [0.3, 0.4) is 0 Å². The maximum atomic E-state index is 13.1. The Kier molecular flexibility index (Phi) is 5.98. The standard InChI is InChI=1S/C16H20F2N2O2S/c1-20(13-3-4-14(8-13)23-2)15(21)9-19-16(22)10-5-11(17)7-12(18)6-10/h5-7,13-14H,3-4,8-9H2,1-2H3,(H,19,22)/t13-,14+/m1/s1. The van der Waals surface area contributed by atoms with Crippen LogP contribution in [0.25, 0.3) is 0 Å². The molecule has 1 aliphatic rings. The van der Waals surface area contributed by atoms with Gasteiger partial charge in [-0.25, -0.2) is 8.78 Å². The quantitative estimate of drug-likeness (QED) is 0.894. The summed E-state index contributed by atoms with van der Waals surface area (Å²) in [7, 11) is 1.73. The van der Waals surface area contributed by atoms with Gasteiger partial charge in [0.25, 0.3) is 5.91 Å². The second kappa shape index (κ2) is 7.77. The molecule has 2 amide bonds. The molecule has 0 aromatic heterocycles. The van der Waals surface area contributed by atoms with Gasteiger partial charge in [-0.05, 0) is 37.7 Å². The summed E-state index contributed by atoms with van der Waals surface area (Å²) in [5.74, 6) is -2.53. The van der Waals surface area contributed by atoms with Crippen LogP contribution in [0, 0.1) is 11.6 Å². The van der Waals surface area contributed by atoms with Crippen LogP contribution in [0.15, 0.2) is 18.2 Å². The number of nitrogens with zero attached hydrogens (tertiary/aromatic N) is 1. The van der Waals surface area contributed by atoms with Gasteiger partial charge in [-0.1, -0.05) is 0 Å². The highest BCUT2D eigenvalue weighted by molar-refractivity contribution is 7.99. The molecule has 0 radical (unpaired) electrons. The van der Waals surface area contributed by atoms with Gasteiger partial charge in [-0.2, -0.15) is 11.8 Å². The van der Waals surface area contributed by atoms with Gasteiger partial charge in [0.05, 0.1) is 6.54 Å². The Labute approximate surface area is 138 Å². The van der Waals surface area contributed by atoms with E-state index in [1.807, 2.05) is 0 Å². The molecule has 2 atom stereocenters. The minimum absolute atomic E-state index is 0.138. The molecule has 0 saturated heterocycles. The SMILES string of the molecule is CS[C@H]1CC[C@@H](N(C)C(=O)CNC(=O)c2cc(F)cc(F)c2)C1. The fourth-order valence-electron chi connectivity index (χ4n) is 2.75. The van der Waals surface area contributed by atoms with E-state index in [2.05, 4.69) is 11.6 Å². The van der Waals surface area contributed by atoms with Crippen molar-refractivity contribution in [1.29, 1.82) is 0 Å². The number of rotatable bonds is 5. The topological polar surface area (TPSA) is 49.4 Å². The van der Waals surface area contributed by atoms with Crippen LogP contribution < -0.4 is 5.32 Å². The lowest BCUT2D eigenvalue weighted by molar-refractivity contribution is -0.130. The monoisotopic (exact) mass is 342 g/mol. The second-order valence-corrected chi connectivity index (χ2v) is 6.81. The predicted molar refractivity (Wildman–Crippen MR) is 86.4 cm³/mol. The molecule has 1 aromatic rings. The average Bonchev–Trinajstić information content (AvgIpc) is 2.99. The first-order valence-corrected chi connectivity index (χ1v) is 8.72. The molecular weight excluding hydrogens is 322 g/mol. The van der Waals surface area contributed by atoms with Crippen LogP contribution in [0.5, 0.6) is 0 Å². The molecule has 0 unspecified atom stereocenters. The lowest BCUT2D eigenvalue weighted by Gasteiger charge is -2.24. The van der Waals surface area contributed by atoms with E-state index in [0.717, 1.165) is 31.4 Å². The van der Waals surface area contributed by atoms with E-state index in [9.17, 15) is 18.4 Å². The summed E-state index contributed by atoms with van der Waals surface area (Å²) in [6.45, 7) is -0.187. The number of carbonyl (C=O) groups is 2. The molecule has 1 saturated carbocycles. The van der Waals surface area contributed by atoms with Crippen molar-refractivity contribution in [1.82, 2.24) is 10.2 Å². The van der Waals surface area contributed by atoms with Gasteiger partial charge in [-0.3, -0.25) is 9.59 Å². The van der Waals surface area contributed by atoms with E-state index in [0.29, 0.717) is 11.3 Å². The molecule has 0 spiro atoms. The lowest BCUT2D eigenvalue weighted by atomic mass is 10.2. The summed E-state index contributed by atoms with van der Waals surface area (Å²) in [4.78, 5) is 25.7. The van der Waals surface area contributed by atoms with Gasteiger partial charge in [0.2, 0.25) is 5.91 Å². The normalized spacial score (nSPS) is 20.3. The molecule has 0 aliphatic heterocycles. The highest BCUT2D eigenvalue weighted by atomic mass is 32.2. The highest BCUT2D eigenvalue weighted by Gasteiger charge is 2.29. The maximum absolute atomic E-state index is 13.1. The van der Waals surface area contributed by atoms with Gasteiger partial charge in [0, 0.05) is 30.0 Å². The van der Waals surface area contributed by atoms with Crippen LogP contribution in [-0.2, 0) is 4.79 Å². The van der Waals surface area contributed by atoms with Gasteiger partial charge < -0.3 is 10.2 Å². The minimum atomic E-state index is -0.826. The van der Waals surface area contributed by atoms with Crippen LogP contribution in [0.2, 0.25) is 0 Å². The Bertz CT molecular complexity index is 577. The summed E-state index contributed by atoms with van der Waals surface area (Å²) < 4.78 is 26.2. The summed E-state index contributed by atoms with van der Waals surface area (Å²) in [6, 6.07) is 2.75. The number of hydrogen-bond acceptors (Lipinski definition) is 3. The van der Waals surface area contributed by atoms with Crippen LogP contribution >= 0.6 is 11.8 Å². The third-order valence-corrected chi connectivity index (χ3v) is 5.25. The summed E-state index contributed by atoms with van der Waals surface area (Å²) in [5.41, 5.74) is -0.138. The van der Waals surface area contributed by atoms with Crippen molar-refractivity contribution in [2.24, 2.45) is 0 Å². The van der Waals surface area contributed by atoms with E-state index in [1.165, 1.54) is 0 Å². The zero-order chi connectivity index (χ0) is 17.0. The number of hydrogen-bond donors (Lipinski definition) is 1. The second-order valence-electron chi connectivity index (χ2n) is 5.67. The molecule has 0 heterocycles. The zero-order valence-corrected chi connectivity index (χ0v) is 14.0. The Morgan fingerprint density at radius 2 is 1.91 bits per heavy atom. The summed E-state index contributed by atoms with van der Waals surface area (Å²) >= 11 is 1.80. The number of likely N-dealkylation sites (N-methyl/N-ethyl adjacent to an activating group) is 1. The van der Waals surface area contributed by atoms with Crippen molar-refractivity contribution in [3.63, 3.8) is 0 Å². The number of carbonyl (C=O) groups excluding carboxylic acids is 2. The molecule has 126 valence electrons. The van der Waals surface area contributed by atoms with Gasteiger partial charge in [0.1, 0.15) is 11.6 Å². The van der Waals surface area contributed by atoms with Crippen molar-refractivity contribution in [2.75, 3.05) is 19.8 Å². The van der Waals surface area contributed by atoms with Gasteiger partial charge >= 0.3 is 0 Å². The Morgan fingerprint density at radius 3 is 2.48 bits per heavy atom. The largest absolute Gasteiger partial charge is 0.343 e. The first-order chi connectivity index (χ1) is 10.9. The van der Waals surface area contributed by atoms with Crippen molar-refractivity contribution in [3.8, 4) is 0 Å². The first kappa shape index (κ1) is 17.7. The molecule has 1 aliphatic carbocycles. The first-order valence-electron chi connectivity index (χ1n) is 7.43. The minimum Gasteiger partial charge on any atom is -0.343 e. The fourth-order valence-corrected chi connectivity index (χ4v) is 3.54. The Hall–Kier alpha value is -1.63. The molecule has 0 bridgehead atoms. The van der Waals surface area contributed by atoms with Crippen molar-refractivity contribution in [3.05, 3.63) is 35.4 Å². The lowest BCUT2D eigenvalue weighted by Crippen LogP contribution is -2.42. The number of nitrogens with one attached hydrogen (secondary N) is 1. The van der Waals surface area contributed by atoms with Crippen molar-refractivity contribution in [2.45, 2.75) is 30.6 Å². The van der Waals surface area contributed by atoms with E-state index < -0.39 is 17.5 Å². The smallest absolute Gasteiger partial charge is 0.251 e. The zero-order valence-electron chi connectivity index (χ0n) is 13.1. The predicted octanol–water partition coefficient (Wildman–Crippen LogP) is 2.44. The third kappa shape index (κ3) is 4.67. The van der Waals surface area contributed by atoms with E-state index in [-0.39, 0.29) is 24.1 Å². The van der Waals surface area contributed by atoms with Crippen LogP contribution in [0.4, 0.5) is 8.78 Å². The van der Waals surface area contributed by atoms with Crippen molar-refractivity contribution < 1.29 is 18.4 Å². The molecule has 1 fully saturated rings. The van der Waals surface area contributed by atoms with E-state index >= 15 is 0 Å². The van der Waals surface area contributed by atoms with Gasteiger partial charge in [-0.15, -0.1) is 0 Å². The number of thioether (sulfide) groups is 1. The average molecular weight is 342 g/mol. The van der Waals surface area contributed by atoms with Crippen LogP contribution in [-0.4, -0.2) is 47.9 Å². The number of halogens is 2. The summed E-state index contributed by atoms with van der Waals surface area (Å²) in [5, 5.41) is 2.98. The molecule has 1 N–H and O–H groups in total. The molecule has 1 aromatic carbocycles. The molecule has 23 heavy (non-hydrogen) atoms. The number of amides is 2. The maximum Gasteiger partial charge on any atom is 0.251 e. The summed E-state index contributed by atoms with van der Waals surface area (Å²) in [6.07, 6.45) is 5.05. The third-order valence-electron chi connectivity index (χ3n) is 4.16. The van der Waals surface area contributed by atoms with E-state index in [4.69, 9.17) is 0 Å². The van der Waals surface area contributed by atoms with Crippen molar-refractivity contribution >= 4 is 23.6 Å². The molecular formula is C16H20F2N2O2S. The number of benzene rings is 1. The Morgan fingerprint density at radius 1 is 1.26 bits per heavy atom. The fraction of sp³-hybridized carbons (Fsp3) is 0.500. The Balaban J connectivity index is 1.87. The van der Waals surface area contributed by atoms with Crippen LogP contribution in [0.1, 0.15) is 29.6 Å². The highest BCUT2D eigenvalue weighted by Crippen LogP contribution is 2.30. The van der Waals surface area contributed by atoms with Gasteiger partial charge in [0.15, 0.2) is 0 Å².